The van der Waals surface area contributed by atoms with Crippen molar-refractivity contribution < 1.29 is 37.5 Å². The van der Waals surface area contributed by atoms with Crippen molar-refractivity contribution in [2.75, 3.05) is 61.5 Å². The number of halogens is 2. The summed E-state index contributed by atoms with van der Waals surface area (Å²) in [6.07, 6.45) is 2.04. The Morgan fingerprint density at radius 1 is 0.839 bits per heavy atom. The van der Waals surface area contributed by atoms with Gasteiger partial charge in [0.2, 0.25) is 11.8 Å². The fourth-order valence-corrected chi connectivity index (χ4v) is 8.46. The number of rotatable bonds is 9. The number of aromatic nitrogens is 2. The zero-order chi connectivity index (χ0) is 42.9. The number of anilines is 3. The third-order valence-electron chi connectivity index (χ3n) is 11.7. The van der Waals surface area contributed by atoms with Crippen LogP contribution in [-0.2, 0) is 20.7 Å². The van der Waals surface area contributed by atoms with Crippen LogP contribution in [0.25, 0.3) is 10.9 Å². The first-order valence-electron chi connectivity index (χ1n) is 20.6. The number of aromatic amines is 1. The number of fused-ring (bicyclic) bond motifs is 2. The number of nitrogens with zero attached hydrogens (tertiary/aromatic N) is 4. The third kappa shape index (κ3) is 8.49. The topological polar surface area (TPSA) is 169 Å². The van der Waals surface area contributed by atoms with Crippen LogP contribution in [0.3, 0.4) is 0 Å². The van der Waals surface area contributed by atoms with Gasteiger partial charge in [-0.2, -0.15) is 5.10 Å². The zero-order valence-electron chi connectivity index (χ0n) is 33.6. The average molecular weight is 841 g/mol. The van der Waals surface area contributed by atoms with Gasteiger partial charge in [-0.25, -0.2) is 8.78 Å². The maximum atomic E-state index is 14.0. The molecule has 1 atom stereocenters. The molecule has 5 heterocycles. The lowest BCUT2D eigenvalue weighted by Crippen LogP contribution is -2.54. The van der Waals surface area contributed by atoms with E-state index in [2.05, 4.69) is 47.8 Å². The predicted molar refractivity (Wildman–Crippen MR) is 226 cm³/mol. The molecule has 16 heteroatoms. The smallest absolute Gasteiger partial charge is 0.262 e. The van der Waals surface area contributed by atoms with Crippen molar-refractivity contribution in [2.24, 2.45) is 0 Å². The van der Waals surface area contributed by atoms with Crippen LogP contribution >= 0.6 is 0 Å². The normalized spacial score (nSPS) is 18.4. The number of piperazine rings is 1. The van der Waals surface area contributed by atoms with Crippen molar-refractivity contribution in [3.63, 3.8) is 0 Å². The van der Waals surface area contributed by atoms with Gasteiger partial charge in [-0.05, 0) is 97.5 Å². The molecule has 5 amide bonds. The van der Waals surface area contributed by atoms with Crippen LogP contribution < -0.4 is 20.9 Å². The van der Waals surface area contributed by atoms with E-state index in [9.17, 15) is 32.8 Å². The number of hydrogen-bond donors (Lipinski definition) is 4. The van der Waals surface area contributed by atoms with Crippen molar-refractivity contribution in [2.45, 2.75) is 44.2 Å². The Balaban J connectivity index is 0.852. The summed E-state index contributed by atoms with van der Waals surface area (Å²) in [7, 11) is 0. The Kier molecular flexibility index (Phi) is 11.2. The summed E-state index contributed by atoms with van der Waals surface area (Å²) in [4.78, 5) is 69.8. The molecule has 316 valence electrons. The monoisotopic (exact) mass is 840 g/mol. The fourth-order valence-electron chi connectivity index (χ4n) is 8.46. The summed E-state index contributed by atoms with van der Waals surface area (Å²) in [5.41, 5.74) is 5.09. The van der Waals surface area contributed by atoms with Crippen LogP contribution in [0.2, 0.25) is 0 Å². The molecule has 0 spiro atoms. The van der Waals surface area contributed by atoms with Crippen molar-refractivity contribution in [1.29, 1.82) is 0 Å². The lowest BCUT2D eigenvalue weighted by molar-refractivity contribution is -0.136. The average Bonchev–Trinajstić information content (AvgIpc) is 3.76. The predicted octanol–water partition coefficient (Wildman–Crippen LogP) is 4.85. The molecule has 0 radical (unpaired) electrons. The Bertz CT molecular complexity index is 2670. The quantitative estimate of drug-likeness (QED) is 0.119. The Morgan fingerprint density at radius 3 is 2.39 bits per heavy atom. The van der Waals surface area contributed by atoms with Gasteiger partial charge in [0.05, 0.1) is 28.8 Å². The molecular weight excluding hydrogens is 799 g/mol. The van der Waals surface area contributed by atoms with Crippen molar-refractivity contribution >= 4 is 57.6 Å². The SMILES string of the molecule is O=C1CCC(N2C(=O)c3ccc(C#CCN4CCN(c5ccc(C(=O)Nc6n[nH]c7ccc(Cc8cc(F)cc(F)c8)cc67)c(NC6CCOCC6)c5)CC4)cc3C2=O)C(=O)N1. The highest BCUT2D eigenvalue weighted by Gasteiger charge is 2.44. The molecule has 14 nitrogen and oxygen atoms in total. The van der Waals surface area contributed by atoms with Gasteiger partial charge in [0.15, 0.2) is 5.82 Å². The standard InChI is InChI=1S/C46H42F2N8O6/c47-30-21-29(22-31(48)25-30)20-28-4-8-38-37(24-28)42(53-52-38)51-43(58)35-7-5-33(26-39(35)49-32-11-18-62-19-12-32)55-16-14-54(15-17-55)13-1-2-27-3-6-34-36(23-27)46(61)56(45(34)60)40-9-10-41(57)50-44(40)59/h3-8,21-26,32,40,49H,9-20H2,(H,50,57,59)(H2,51,52,53,58). The number of ether oxygens (including phenoxy) is 1. The van der Waals surface area contributed by atoms with E-state index in [1.165, 1.54) is 12.1 Å². The molecule has 62 heavy (non-hydrogen) atoms. The van der Waals surface area contributed by atoms with E-state index in [4.69, 9.17) is 4.74 Å². The van der Waals surface area contributed by atoms with Gasteiger partial charge in [-0.1, -0.05) is 17.9 Å². The molecule has 4 aliphatic rings. The number of imide groups is 2. The number of piperidine rings is 1. The number of hydrogen-bond acceptors (Lipinski definition) is 10. The Labute approximate surface area is 355 Å². The highest BCUT2D eigenvalue weighted by atomic mass is 19.1. The van der Waals surface area contributed by atoms with Crippen LogP contribution in [-0.4, -0.2) is 108 Å². The molecule has 5 aromatic rings. The Hall–Kier alpha value is -6.96. The summed E-state index contributed by atoms with van der Waals surface area (Å²) < 4.78 is 33.3. The largest absolute Gasteiger partial charge is 0.381 e. The van der Waals surface area contributed by atoms with Crippen LogP contribution in [0.4, 0.5) is 26.0 Å². The molecule has 0 saturated carbocycles. The van der Waals surface area contributed by atoms with Crippen LogP contribution in [0.1, 0.15) is 73.4 Å². The first-order chi connectivity index (χ1) is 30.1. The van der Waals surface area contributed by atoms with E-state index >= 15 is 0 Å². The maximum absolute atomic E-state index is 14.0. The molecule has 4 N–H and O–H groups in total. The maximum Gasteiger partial charge on any atom is 0.262 e. The van der Waals surface area contributed by atoms with Gasteiger partial charge in [-0.15, -0.1) is 0 Å². The molecule has 4 aliphatic heterocycles. The first kappa shape index (κ1) is 40.4. The molecular formula is C46H42F2N8O6. The number of carbonyl (C=O) groups excluding carboxylic acids is 5. The number of H-pyrrole nitrogens is 1. The third-order valence-corrected chi connectivity index (χ3v) is 11.7. The summed E-state index contributed by atoms with van der Waals surface area (Å²) in [6, 6.07) is 18.7. The second-order valence-corrected chi connectivity index (χ2v) is 15.9. The van der Waals surface area contributed by atoms with Crippen LogP contribution in [0.5, 0.6) is 0 Å². The lowest BCUT2D eigenvalue weighted by atomic mass is 10.0. The van der Waals surface area contributed by atoms with Crippen LogP contribution in [0, 0.1) is 23.5 Å². The second-order valence-electron chi connectivity index (χ2n) is 15.9. The summed E-state index contributed by atoms with van der Waals surface area (Å²) in [5.74, 6) is 2.83. The van der Waals surface area contributed by atoms with Crippen molar-refractivity contribution in [3.8, 4) is 11.8 Å². The highest BCUT2D eigenvalue weighted by Crippen LogP contribution is 2.31. The van der Waals surface area contributed by atoms with Gasteiger partial charge in [0.1, 0.15) is 17.7 Å². The molecule has 0 aliphatic carbocycles. The minimum Gasteiger partial charge on any atom is -0.381 e. The van der Waals surface area contributed by atoms with Gasteiger partial charge in [-0.3, -0.25) is 44.2 Å². The number of benzene rings is 4. The summed E-state index contributed by atoms with van der Waals surface area (Å²) in [6.45, 7) is 4.66. The minimum atomic E-state index is -1.03. The van der Waals surface area contributed by atoms with E-state index in [1.807, 2.05) is 36.4 Å². The fraction of sp³-hybridized carbons (Fsp3) is 0.304. The zero-order valence-corrected chi connectivity index (χ0v) is 33.6. The van der Waals surface area contributed by atoms with E-state index < -0.39 is 41.3 Å². The molecule has 1 aromatic heterocycles. The number of carbonyl (C=O) groups is 5. The number of amides is 5. The minimum absolute atomic E-state index is 0.0529. The van der Waals surface area contributed by atoms with Gasteiger partial charge >= 0.3 is 0 Å². The molecule has 4 aromatic carbocycles. The van der Waals surface area contributed by atoms with Gasteiger partial charge in [0.25, 0.3) is 17.7 Å². The second kappa shape index (κ2) is 17.2. The lowest BCUT2D eigenvalue weighted by Gasteiger charge is -2.35. The van der Waals surface area contributed by atoms with E-state index in [0.717, 1.165) is 61.2 Å². The number of nitrogens with one attached hydrogen (secondary N) is 4. The van der Waals surface area contributed by atoms with Crippen molar-refractivity contribution in [3.05, 3.63) is 118 Å². The molecule has 3 fully saturated rings. The molecule has 0 bridgehead atoms. The van der Waals surface area contributed by atoms with Gasteiger partial charge in [0, 0.05) is 80.2 Å². The first-order valence-corrected chi connectivity index (χ1v) is 20.6. The highest BCUT2D eigenvalue weighted by molar-refractivity contribution is 6.23. The van der Waals surface area contributed by atoms with E-state index in [-0.39, 0.29) is 35.9 Å². The molecule has 9 rings (SSSR count). The van der Waals surface area contributed by atoms with E-state index in [0.29, 0.717) is 65.3 Å². The molecule has 1 unspecified atom stereocenters. The van der Waals surface area contributed by atoms with Crippen molar-refractivity contribution in [1.82, 2.24) is 25.3 Å². The molecule has 3 saturated heterocycles. The summed E-state index contributed by atoms with van der Waals surface area (Å²) >= 11 is 0. The Morgan fingerprint density at radius 2 is 1.61 bits per heavy atom. The summed E-state index contributed by atoms with van der Waals surface area (Å²) in [5, 5.41) is 16.8. The van der Waals surface area contributed by atoms with E-state index in [1.54, 1.807) is 18.2 Å². The van der Waals surface area contributed by atoms with Gasteiger partial charge < -0.3 is 20.3 Å². The van der Waals surface area contributed by atoms with Crippen LogP contribution in [0.15, 0.2) is 72.8 Å².